The predicted molar refractivity (Wildman–Crippen MR) is 84.8 cm³/mol. The van der Waals surface area contributed by atoms with Gasteiger partial charge in [0.15, 0.2) is 0 Å². The van der Waals surface area contributed by atoms with E-state index >= 15 is 0 Å². The molecule has 1 aromatic rings. The molecule has 0 unspecified atom stereocenters. The zero-order valence-electron chi connectivity index (χ0n) is 13.3. The normalized spacial score (nSPS) is 23.3. The Kier molecular flexibility index (Phi) is 3.45. The third-order valence-corrected chi connectivity index (χ3v) is 4.73. The number of nitrogen functional groups attached to an aromatic ring is 1. The summed E-state index contributed by atoms with van der Waals surface area (Å²) in [6.07, 6.45) is 2.54. The Morgan fingerprint density at radius 1 is 1.19 bits per heavy atom. The van der Waals surface area contributed by atoms with Crippen LogP contribution in [0.5, 0.6) is 5.75 Å². The first-order valence-corrected chi connectivity index (χ1v) is 7.66. The number of hydrogen-bond acceptors (Lipinski definition) is 4. The van der Waals surface area contributed by atoms with E-state index in [1.165, 1.54) is 12.8 Å². The van der Waals surface area contributed by atoms with Crippen LogP contribution >= 0.6 is 0 Å². The molecule has 2 aliphatic rings. The Morgan fingerprint density at radius 3 is 2.33 bits per heavy atom. The van der Waals surface area contributed by atoms with Crippen LogP contribution in [0.25, 0.3) is 0 Å². The molecule has 0 aromatic heterocycles. The summed E-state index contributed by atoms with van der Waals surface area (Å²) in [6, 6.07) is 5.78. The molecule has 0 amide bonds. The van der Waals surface area contributed by atoms with Crippen molar-refractivity contribution in [3.63, 3.8) is 0 Å². The fraction of sp³-hybridized carbons (Fsp3) is 0.625. The van der Waals surface area contributed by atoms with E-state index in [0.29, 0.717) is 11.6 Å². The Morgan fingerprint density at radius 2 is 1.81 bits per heavy atom. The monoisotopic (exact) mass is 289 g/mol. The van der Waals surface area contributed by atoms with Crippen molar-refractivity contribution in [3.8, 4) is 5.75 Å². The van der Waals surface area contributed by atoms with Crippen LogP contribution in [-0.2, 0) is 9.31 Å². The summed E-state index contributed by atoms with van der Waals surface area (Å²) in [5.74, 6) is 1.47. The van der Waals surface area contributed by atoms with Crippen LogP contribution in [0.15, 0.2) is 18.2 Å². The van der Waals surface area contributed by atoms with Crippen molar-refractivity contribution in [3.05, 3.63) is 18.2 Å². The van der Waals surface area contributed by atoms with Crippen LogP contribution in [0.4, 0.5) is 5.69 Å². The molecule has 21 heavy (non-hydrogen) atoms. The molecule has 1 aliphatic carbocycles. The highest BCUT2D eigenvalue weighted by Gasteiger charge is 2.51. The lowest BCUT2D eigenvalue weighted by Gasteiger charge is -2.32. The minimum atomic E-state index is -0.380. The van der Waals surface area contributed by atoms with Crippen LogP contribution < -0.4 is 15.9 Å². The lowest BCUT2D eigenvalue weighted by atomic mass is 9.79. The summed E-state index contributed by atoms with van der Waals surface area (Å²) in [5.41, 5.74) is 6.99. The average molecular weight is 289 g/mol. The van der Waals surface area contributed by atoms with Gasteiger partial charge in [0.2, 0.25) is 0 Å². The quantitative estimate of drug-likeness (QED) is 0.683. The maximum Gasteiger partial charge on any atom is 0.494 e. The second-order valence-corrected chi connectivity index (χ2v) is 7.14. The highest BCUT2D eigenvalue weighted by molar-refractivity contribution is 6.62. The fourth-order valence-corrected chi connectivity index (χ4v) is 2.32. The Hall–Kier alpha value is -1.20. The fourth-order valence-electron chi connectivity index (χ4n) is 2.32. The van der Waals surface area contributed by atoms with Gasteiger partial charge in [0.1, 0.15) is 5.75 Å². The van der Waals surface area contributed by atoms with Crippen LogP contribution in [0, 0.1) is 5.92 Å². The third-order valence-electron chi connectivity index (χ3n) is 4.73. The maximum absolute atomic E-state index is 6.09. The van der Waals surface area contributed by atoms with Gasteiger partial charge in [0.25, 0.3) is 0 Å². The Balaban J connectivity index is 1.73. The topological polar surface area (TPSA) is 53.7 Å². The van der Waals surface area contributed by atoms with Gasteiger partial charge in [-0.1, -0.05) is 6.07 Å². The van der Waals surface area contributed by atoms with Crippen molar-refractivity contribution in [1.82, 2.24) is 0 Å². The summed E-state index contributed by atoms with van der Waals surface area (Å²) < 4.78 is 17.8. The minimum Gasteiger partial charge on any atom is -0.491 e. The molecule has 4 nitrogen and oxygen atoms in total. The van der Waals surface area contributed by atoms with Crippen LogP contribution in [0.3, 0.4) is 0 Å². The van der Waals surface area contributed by atoms with Crippen LogP contribution in [0.1, 0.15) is 40.5 Å². The number of ether oxygens (including phenoxy) is 1. The van der Waals surface area contributed by atoms with Crippen molar-refractivity contribution in [2.24, 2.45) is 5.92 Å². The lowest BCUT2D eigenvalue weighted by Crippen LogP contribution is -2.41. The first-order chi connectivity index (χ1) is 9.78. The van der Waals surface area contributed by atoms with Gasteiger partial charge < -0.3 is 19.8 Å². The van der Waals surface area contributed by atoms with Crippen molar-refractivity contribution < 1.29 is 14.0 Å². The lowest BCUT2D eigenvalue weighted by molar-refractivity contribution is 0.00578. The molecule has 0 bridgehead atoms. The largest absolute Gasteiger partial charge is 0.494 e. The van der Waals surface area contributed by atoms with E-state index in [0.717, 1.165) is 17.8 Å². The highest BCUT2D eigenvalue weighted by atomic mass is 16.7. The molecule has 1 heterocycles. The van der Waals surface area contributed by atoms with Crippen molar-refractivity contribution in [2.45, 2.75) is 51.7 Å². The van der Waals surface area contributed by atoms with Gasteiger partial charge in [0, 0.05) is 0 Å². The minimum absolute atomic E-state index is 0.340. The molecule has 0 atom stereocenters. The highest BCUT2D eigenvalue weighted by Crippen LogP contribution is 2.37. The van der Waals surface area contributed by atoms with Gasteiger partial charge in [-0.2, -0.15) is 0 Å². The van der Waals surface area contributed by atoms with E-state index < -0.39 is 0 Å². The zero-order valence-corrected chi connectivity index (χ0v) is 13.3. The van der Waals surface area contributed by atoms with E-state index in [-0.39, 0.29) is 18.3 Å². The summed E-state index contributed by atoms with van der Waals surface area (Å²) >= 11 is 0. The van der Waals surface area contributed by atoms with Gasteiger partial charge in [-0.25, -0.2) is 0 Å². The number of hydrogen-bond donors (Lipinski definition) is 1. The van der Waals surface area contributed by atoms with Crippen LogP contribution in [0.2, 0.25) is 0 Å². The van der Waals surface area contributed by atoms with Crippen molar-refractivity contribution >= 4 is 18.3 Å². The van der Waals surface area contributed by atoms with Crippen LogP contribution in [-0.4, -0.2) is 24.9 Å². The number of anilines is 1. The Labute approximate surface area is 127 Å². The van der Waals surface area contributed by atoms with Gasteiger partial charge in [-0.05, 0) is 64.1 Å². The van der Waals surface area contributed by atoms with E-state index in [4.69, 9.17) is 19.8 Å². The standard InChI is InChI=1S/C16H24BNO3/c1-15(2)16(3,4)21-17(20-15)12-7-8-14(13(18)9-12)19-10-11-5-6-11/h7-9,11H,5-6,10,18H2,1-4H3. The smallest absolute Gasteiger partial charge is 0.491 e. The maximum atomic E-state index is 6.09. The third kappa shape index (κ3) is 2.90. The number of benzene rings is 1. The summed E-state index contributed by atoms with van der Waals surface area (Å²) in [5, 5.41) is 0. The van der Waals surface area contributed by atoms with Crippen molar-refractivity contribution in [1.29, 1.82) is 0 Å². The molecule has 0 spiro atoms. The average Bonchev–Trinajstić information content (AvgIpc) is 3.16. The molecule has 2 N–H and O–H groups in total. The number of rotatable bonds is 4. The van der Waals surface area contributed by atoms with E-state index in [9.17, 15) is 0 Å². The first-order valence-electron chi connectivity index (χ1n) is 7.66. The molecular weight excluding hydrogens is 265 g/mol. The molecule has 114 valence electrons. The van der Waals surface area contributed by atoms with E-state index in [1.54, 1.807) is 0 Å². The molecule has 0 radical (unpaired) electrons. The van der Waals surface area contributed by atoms with E-state index in [2.05, 4.69) is 0 Å². The molecule has 1 saturated heterocycles. The summed E-state index contributed by atoms with van der Waals surface area (Å²) in [4.78, 5) is 0. The zero-order chi connectivity index (χ0) is 15.3. The summed E-state index contributed by atoms with van der Waals surface area (Å²) in [7, 11) is -0.380. The second kappa shape index (κ2) is 4.92. The summed E-state index contributed by atoms with van der Waals surface area (Å²) in [6.45, 7) is 8.94. The molecule has 5 heteroatoms. The Bertz CT molecular complexity index is 524. The molecule has 1 aliphatic heterocycles. The molecular formula is C16H24BNO3. The second-order valence-electron chi connectivity index (χ2n) is 7.14. The number of nitrogens with two attached hydrogens (primary N) is 1. The molecule has 1 saturated carbocycles. The van der Waals surface area contributed by atoms with E-state index in [1.807, 2.05) is 45.9 Å². The van der Waals surface area contributed by atoms with Gasteiger partial charge in [-0.3, -0.25) is 0 Å². The van der Waals surface area contributed by atoms with Gasteiger partial charge in [0.05, 0.1) is 23.5 Å². The first kappa shape index (κ1) is 14.7. The van der Waals surface area contributed by atoms with Crippen molar-refractivity contribution in [2.75, 3.05) is 12.3 Å². The predicted octanol–water partition coefficient (Wildman–Crippen LogP) is 2.36. The van der Waals surface area contributed by atoms with Gasteiger partial charge >= 0.3 is 7.12 Å². The SMILES string of the molecule is CC1(C)OB(c2ccc(OCC3CC3)c(N)c2)OC1(C)C. The molecule has 2 fully saturated rings. The van der Waals surface area contributed by atoms with Gasteiger partial charge in [-0.15, -0.1) is 0 Å². The molecule has 1 aromatic carbocycles. The molecule has 3 rings (SSSR count).